The lowest BCUT2D eigenvalue weighted by atomic mass is 10.1. The second kappa shape index (κ2) is 8.44. The van der Waals surface area contributed by atoms with Crippen molar-refractivity contribution >= 4 is 99.7 Å². The molecule has 0 N–H and O–H groups in total. The van der Waals surface area contributed by atoms with Gasteiger partial charge in [-0.1, -0.05) is 82.7 Å². The van der Waals surface area contributed by atoms with Crippen LogP contribution in [0.15, 0.2) is 66.3 Å². The van der Waals surface area contributed by atoms with Crippen molar-refractivity contribution in [1.82, 2.24) is 9.97 Å². The molecule has 4 aliphatic rings. The molecule has 0 bridgehead atoms. The number of fused-ring (bicyclic) bond motifs is 3. The second-order valence-corrected chi connectivity index (χ2v) is 15.8. The average Bonchev–Trinajstić information content (AvgIpc) is 3.52. The number of hydrogen-bond donors (Lipinski definition) is 0. The highest BCUT2D eigenvalue weighted by atomic mass is 32.3. The molecule has 2 nitrogen and oxygen atoms in total. The zero-order valence-electron chi connectivity index (χ0n) is 15.6. The summed E-state index contributed by atoms with van der Waals surface area (Å²) in [6, 6.07) is 8.40. The van der Waals surface area contributed by atoms with Crippen LogP contribution in [0.25, 0.3) is 17.0 Å². The smallest absolute Gasteiger partial charge is 0.0971 e. The highest BCUT2D eigenvalue weighted by Crippen LogP contribution is 2.71. The molecule has 2 aromatic heterocycles. The molecule has 3 aliphatic heterocycles. The Balaban J connectivity index is 1.31. The molecule has 0 radical (unpaired) electrons. The molecule has 0 spiro atoms. The predicted octanol–water partition coefficient (Wildman–Crippen LogP) is 8.72. The number of thioether (sulfide) groups is 8. The maximum absolute atomic E-state index is 4.63. The monoisotopic (exact) mass is 536 g/mol. The number of hydrogen-bond acceptors (Lipinski definition) is 10. The summed E-state index contributed by atoms with van der Waals surface area (Å²) >= 11 is 15.3. The standard InChI is InChI=1S/C20H12N2S8/c1-23-15-16(24-2)28-19(27-15)20-29-17-18(30-20)26-14(25-17)11-9-5-3-7-21-12(9)13-10(11)6-4-8-22-13/h3-8H,1-2H3. The van der Waals surface area contributed by atoms with Crippen LogP contribution in [0.4, 0.5) is 0 Å². The minimum absolute atomic E-state index is 1.01. The van der Waals surface area contributed by atoms with Crippen LogP contribution < -0.4 is 0 Å². The Hall–Kier alpha value is 0.0600. The molecule has 6 rings (SSSR count). The lowest BCUT2D eigenvalue weighted by molar-refractivity contribution is 1.26. The third-order valence-electron chi connectivity index (χ3n) is 4.57. The lowest BCUT2D eigenvalue weighted by Crippen LogP contribution is -1.84. The van der Waals surface area contributed by atoms with Crippen molar-refractivity contribution in [2.45, 2.75) is 0 Å². The van der Waals surface area contributed by atoms with Gasteiger partial charge in [-0.2, -0.15) is 0 Å². The Morgan fingerprint density at radius 3 is 1.50 bits per heavy atom. The first-order chi connectivity index (χ1) is 14.8. The van der Waals surface area contributed by atoms with Gasteiger partial charge in [-0.15, -0.1) is 23.5 Å². The SMILES string of the molecule is CSC1=C(SC)SC(=C2SC3=C(S2)SC(=C2c4cccnc4-c4ncccc42)S3)S1. The van der Waals surface area contributed by atoms with Crippen molar-refractivity contribution in [2.24, 2.45) is 0 Å². The molecular weight excluding hydrogens is 525 g/mol. The molecule has 30 heavy (non-hydrogen) atoms. The Bertz CT molecular complexity index is 1140. The van der Waals surface area contributed by atoms with E-state index in [2.05, 4.69) is 34.6 Å². The van der Waals surface area contributed by atoms with Gasteiger partial charge in [-0.25, -0.2) is 0 Å². The van der Waals surface area contributed by atoms with Gasteiger partial charge in [0.1, 0.15) is 0 Å². The third-order valence-corrected chi connectivity index (χ3v) is 15.9. The maximum Gasteiger partial charge on any atom is 0.0971 e. The number of aromatic nitrogens is 2. The highest BCUT2D eigenvalue weighted by Gasteiger charge is 2.37. The first-order valence-electron chi connectivity index (χ1n) is 8.80. The summed E-state index contributed by atoms with van der Waals surface area (Å²) in [7, 11) is 0. The van der Waals surface area contributed by atoms with E-state index < -0.39 is 0 Å². The molecule has 2 aromatic rings. The number of pyridine rings is 2. The number of rotatable bonds is 2. The van der Waals surface area contributed by atoms with E-state index in [1.54, 1.807) is 0 Å². The van der Waals surface area contributed by atoms with E-state index in [1.807, 2.05) is 119 Å². The van der Waals surface area contributed by atoms with E-state index in [0.717, 1.165) is 11.4 Å². The summed E-state index contributed by atoms with van der Waals surface area (Å²) in [5.74, 6) is 0. The highest BCUT2D eigenvalue weighted by molar-refractivity contribution is 8.49. The molecule has 1 aliphatic carbocycles. The van der Waals surface area contributed by atoms with E-state index in [-0.39, 0.29) is 0 Å². The van der Waals surface area contributed by atoms with Crippen molar-refractivity contribution in [3.8, 4) is 11.4 Å². The average molecular weight is 537 g/mol. The first kappa shape index (κ1) is 20.7. The molecule has 0 fully saturated rings. The van der Waals surface area contributed by atoms with Gasteiger partial charge in [0.15, 0.2) is 0 Å². The van der Waals surface area contributed by atoms with Gasteiger partial charge in [-0.05, 0) is 24.6 Å². The van der Waals surface area contributed by atoms with Crippen LogP contribution in [0.5, 0.6) is 0 Å². The summed E-state index contributed by atoms with van der Waals surface area (Å²) in [6.45, 7) is 0. The molecule has 0 aromatic carbocycles. The molecule has 0 unspecified atom stereocenters. The van der Waals surface area contributed by atoms with Gasteiger partial charge < -0.3 is 0 Å². The van der Waals surface area contributed by atoms with Crippen molar-refractivity contribution in [1.29, 1.82) is 0 Å². The van der Waals surface area contributed by atoms with Crippen LogP contribution in [0.1, 0.15) is 11.1 Å². The summed E-state index contributed by atoms with van der Waals surface area (Å²) in [5.41, 5.74) is 5.71. The fourth-order valence-corrected chi connectivity index (χ4v) is 15.1. The Morgan fingerprint density at radius 2 is 1.03 bits per heavy atom. The van der Waals surface area contributed by atoms with Crippen LogP contribution in [0, 0.1) is 0 Å². The van der Waals surface area contributed by atoms with Gasteiger partial charge in [-0.3, -0.25) is 9.97 Å². The van der Waals surface area contributed by atoms with Crippen LogP contribution >= 0.6 is 94.1 Å². The van der Waals surface area contributed by atoms with E-state index in [0.29, 0.717) is 0 Å². The lowest BCUT2D eigenvalue weighted by Gasteiger charge is -2.09. The molecule has 0 saturated carbocycles. The van der Waals surface area contributed by atoms with Gasteiger partial charge in [0, 0.05) is 29.1 Å². The van der Waals surface area contributed by atoms with E-state index >= 15 is 0 Å². The Labute approximate surface area is 209 Å². The summed E-state index contributed by atoms with van der Waals surface area (Å²) in [4.78, 5) is 9.26. The molecular formula is C20H12N2S8. The molecule has 0 amide bonds. The van der Waals surface area contributed by atoms with Gasteiger partial charge in [0.25, 0.3) is 0 Å². The van der Waals surface area contributed by atoms with Crippen LogP contribution in [0.2, 0.25) is 0 Å². The molecule has 5 heterocycles. The van der Waals surface area contributed by atoms with E-state index in [9.17, 15) is 0 Å². The minimum atomic E-state index is 1.01. The number of nitrogens with zero attached hydrogens (tertiary/aromatic N) is 2. The zero-order chi connectivity index (χ0) is 20.2. The largest absolute Gasteiger partial charge is 0.254 e. The summed E-state index contributed by atoms with van der Waals surface area (Å²) in [6.07, 6.45) is 8.06. The minimum Gasteiger partial charge on any atom is -0.254 e. The van der Waals surface area contributed by atoms with Gasteiger partial charge >= 0.3 is 0 Å². The molecule has 0 saturated heterocycles. The zero-order valence-corrected chi connectivity index (χ0v) is 22.2. The van der Waals surface area contributed by atoms with Crippen molar-refractivity contribution in [3.63, 3.8) is 0 Å². The van der Waals surface area contributed by atoms with Crippen LogP contribution in [-0.4, -0.2) is 22.5 Å². The first-order valence-corrected chi connectivity index (χ1v) is 16.1. The molecule has 0 atom stereocenters. The second-order valence-electron chi connectivity index (χ2n) is 6.21. The third kappa shape index (κ3) is 3.37. The van der Waals surface area contributed by atoms with Crippen LogP contribution in [0.3, 0.4) is 0 Å². The Morgan fingerprint density at radius 1 is 0.600 bits per heavy atom. The van der Waals surface area contributed by atoms with Crippen LogP contribution in [-0.2, 0) is 0 Å². The van der Waals surface area contributed by atoms with E-state index in [4.69, 9.17) is 0 Å². The molecule has 150 valence electrons. The van der Waals surface area contributed by atoms with Gasteiger partial charge in [0.05, 0.1) is 41.0 Å². The van der Waals surface area contributed by atoms with Crippen molar-refractivity contribution in [3.05, 3.63) is 77.4 Å². The normalized spacial score (nSPS) is 19.9. The predicted molar refractivity (Wildman–Crippen MR) is 147 cm³/mol. The topological polar surface area (TPSA) is 25.8 Å². The quantitative estimate of drug-likeness (QED) is 0.316. The fourth-order valence-electron chi connectivity index (χ4n) is 3.33. The summed E-state index contributed by atoms with van der Waals surface area (Å²) in [5, 5.41) is 0. The Kier molecular flexibility index (Phi) is 5.81. The van der Waals surface area contributed by atoms with Crippen molar-refractivity contribution in [2.75, 3.05) is 12.5 Å². The fraction of sp³-hybridized carbons (Fsp3) is 0.100. The summed E-state index contributed by atoms with van der Waals surface area (Å²) < 4.78 is 9.93. The van der Waals surface area contributed by atoms with Gasteiger partial charge in [0.2, 0.25) is 0 Å². The van der Waals surface area contributed by atoms with Crippen molar-refractivity contribution < 1.29 is 0 Å². The van der Waals surface area contributed by atoms with E-state index in [1.165, 1.54) is 46.4 Å². The molecule has 10 heteroatoms. The maximum atomic E-state index is 4.63.